The first-order chi connectivity index (χ1) is 31.5. The van der Waals surface area contributed by atoms with E-state index in [9.17, 15) is 14.4 Å². The normalized spacial score (nSPS) is 12.4. The fourth-order valence-electron chi connectivity index (χ4n) is 7.82. The van der Waals surface area contributed by atoms with Gasteiger partial charge in [-0.3, -0.25) is 14.4 Å². The van der Waals surface area contributed by atoms with Crippen LogP contribution in [0.4, 0.5) is 0 Å². The second-order valence-corrected chi connectivity index (χ2v) is 18.5. The van der Waals surface area contributed by atoms with Gasteiger partial charge in [0, 0.05) is 19.3 Å². The van der Waals surface area contributed by atoms with E-state index < -0.39 is 6.10 Å². The predicted molar refractivity (Wildman–Crippen MR) is 275 cm³/mol. The third kappa shape index (κ3) is 50.4. The Hall–Kier alpha value is -2.63. The van der Waals surface area contributed by atoms with Gasteiger partial charge in [-0.05, 0) is 96.3 Å². The summed E-state index contributed by atoms with van der Waals surface area (Å²) in [5, 5.41) is 0. The van der Waals surface area contributed by atoms with E-state index in [1.807, 2.05) is 0 Å². The highest BCUT2D eigenvalue weighted by Crippen LogP contribution is 2.15. The fraction of sp³-hybridized carbons (Fsp3) is 0.810. The Kier molecular flexibility index (Phi) is 50.8. The molecule has 0 rings (SSSR count). The van der Waals surface area contributed by atoms with Crippen molar-refractivity contribution in [3.05, 3.63) is 48.6 Å². The molecule has 0 bridgehead atoms. The third-order valence-corrected chi connectivity index (χ3v) is 12.0. The standard InChI is InChI=1S/C58H104O6/c1-4-7-10-13-16-19-22-24-26-27-28-29-30-31-33-34-36-39-42-45-48-51-57(60)63-54-55(53-62-56(59)50-47-44-41-38-21-18-15-12-9-6-3)64-58(61)52-49-46-43-40-37-35-32-25-23-20-17-14-11-8-5-2/h12,15,22,24-25,27-28,32,55H,4-11,13-14,16-21,23,26,29-31,33-54H2,1-3H3/b15-12-,24-22-,28-27-,32-25-. The van der Waals surface area contributed by atoms with Crippen molar-refractivity contribution in [1.29, 1.82) is 0 Å². The van der Waals surface area contributed by atoms with Gasteiger partial charge in [0.2, 0.25) is 0 Å². The minimum atomic E-state index is -0.780. The predicted octanol–water partition coefficient (Wildman–Crippen LogP) is 18.3. The highest BCUT2D eigenvalue weighted by atomic mass is 16.6. The first-order valence-corrected chi connectivity index (χ1v) is 27.6. The van der Waals surface area contributed by atoms with Crippen molar-refractivity contribution in [2.45, 2.75) is 290 Å². The molecule has 0 amide bonds. The number of hydrogen-bond acceptors (Lipinski definition) is 6. The Bertz CT molecular complexity index is 1120. The minimum absolute atomic E-state index is 0.0803. The number of rotatable bonds is 50. The quantitative estimate of drug-likeness (QED) is 0.0262. The monoisotopic (exact) mass is 897 g/mol. The number of ether oxygens (including phenoxy) is 3. The summed E-state index contributed by atoms with van der Waals surface area (Å²) in [6, 6.07) is 0. The summed E-state index contributed by atoms with van der Waals surface area (Å²) in [4.78, 5) is 38.0. The van der Waals surface area contributed by atoms with Gasteiger partial charge in [0.1, 0.15) is 13.2 Å². The molecule has 6 heteroatoms. The largest absolute Gasteiger partial charge is 0.462 e. The molecule has 6 nitrogen and oxygen atoms in total. The Morgan fingerprint density at radius 2 is 0.594 bits per heavy atom. The second-order valence-electron chi connectivity index (χ2n) is 18.5. The van der Waals surface area contributed by atoms with Crippen LogP contribution in [-0.4, -0.2) is 37.2 Å². The Labute approximate surface area is 397 Å². The molecule has 0 aromatic carbocycles. The number of unbranched alkanes of at least 4 members (excludes halogenated alkanes) is 31. The Morgan fingerprint density at radius 3 is 0.938 bits per heavy atom. The maximum absolute atomic E-state index is 12.8. The van der Waals surface area contributed by atoms with Crippen LogP contribution in [0.2, 0.25) is 0 Å². The highest BCUT2D eigenvalue weighted by molar-refractivity contribution is 5.71. The molecule has 0 spiro atoms. The molecule has 0 aliphatic heterocycles. The third-order valence-electron chi connectivity index (χ3n) is 12.0. The molecule has 0 saturated carbocycles. The SMILES string of the molecule is CCC/C=C\CCCCCCCC(=O)OCC(COC(=O)CCCCCCCCCCC/C=C\C/C=C\CCCCCCC)OC(=O)CCCCCCC/C=C\CCCCCCCC. The Balaban J connectivity index is 4.30. The van der Waals surface area contributed by atoms with Crippen LogP contribution in [0.25, 0.3) is 0 Å². The van der Waals surface area contributed by atoms with Gasteiger partial charge in [-0.2, -0.15) is 0 Å². The van der Waals surface area contributed by atoms with Crippen molar-refractivity contribution in [3.8, 4) is 0 Å². The topological polar surface area (TPSA) is 78.9 Å². The molecule has 0 saturated heterocycles. The van der Waals surface area contributed by atoms with Crippen LogP contribution >= 0.6 is 0 Å². The summed E-state index contributed by atoms with van der Waals surface area (Å²) in [5.74, 6) is -0.895. The van der Waals surface area contributed by atoms with Crippen molar-refractivity contribution in [1.82, 2.24) is 0 Å². The average molecular weight is 897 g/mol. The average Bonchev–Trinajstić information content (AvgIpc) is 3.29. The van der Waals surface area contributed by atoms with Gasteiger partial charge >= 0.3 is 17.9 Å². The lowest BCUT2D eigenvalue weighted by Gasteiger charge is -2.18. The van der Waals surface area contributed by atoms with Crippen LogP contribution < -0.4 is 0 Å². The van der Waals surface area contributed by atoms with E-state index in [0.717, 1.165) is 89.9 Å². The molecule has 372 valence electrons. The lowest BCUT2D eigenvalue weighted by Crippen LogP contribution is -2.30. The molecule has 0 radical (unpaired) electrons. The minimum Gasteiger partial charge on any atom is -0.462 e. The number of carbonyl (C=O) groups excluding carboxylic acids is 3. The van der Waals surface area contributed by atoms with Crippen molar-refractivity contribution in [2.75, 3.05) is 13.2 Å². The molecular formula is C58H104O6. The van der Waals surface area contributed by atoms with Gasteiger partial charge in [0.15, 0.2) is 6.10 Å². The molecule has 64 heavy (non-hydrogen) atoms. The zero-order valence-electron chi connectivity index (χ0n) is 42.6. The summed E-state index contributed by atoms with van der Waals surface area (Å²) in [5.41, 5.74) is 0. The summed E-state index contributed by atoms with van der Waals surface area (Å²) in [6.07, 6.45) is 63.9. The van der Waals surface area contributed by atoms with Crippen molar-refractivity contribution < 1.29 is 28.6 Å². The van der Waals surface area contributed by atoms with Gasteiger partial charge in [0.05, 0.1) is 0 Å². The van der Waals surface area contributed by atoms with Crippen molar-refractivity contribution in [3.63, 3.8) is 0 Å². The Morgan fingerprint density at radius 1 is 0.312 bits per heavy atom. The van der Waals surface area contributed by atoms with Crippen LogP contribution in [0.5, 0.6) is 0 Å². The molecular weight excluding hydrogens is 793 g/mol. The highest BCUT2D eigenvalue weighted by Gasteiger charge is 2.19. The van der Waals surface area contributed by atoms with Crippen LogP contribution in [0.15, 0.2) is 48.6 Å². The van der Waals surface area contributed by atoms with Crippen LogP contribution in [-0.2, 0) is 28.6 Å². The van der Waals surface area contributed by atoms with E-state index in [4.69, 9.17) is 14.2 Å². The van der Waals surface area contributed by atoms with E-state index >= 15 is 0 Å². The first-order valence-electron chi connectivity index (χ1n) is 27.6. The number of esters is 3. The second kappa shape index (κ2) is 53.0. The maximum Gasteiger partial charge on any atom is 0.306 e. The van der Waals surface area contributed by atoms with E-state index in [-0.39, 0.29) is 31.1 Å². The van der Waals surface area contributed by atoms with Crippen LogP contribution in [0.1, 0.15) is 284 Å². The molecule has 0 aliphatic carbocycles. The van der Waals surface area contributed by atoms with Gasteiger partial charge in [-0.25, -0.2) is 0 Å². The van der Waals surface area contributed by atoms with Gasteiger partial charge in [-0.15, -0.1) is 0 Å². The van der Waals surface area contributed by atoms with E-state index in [1.54, 1.807) is 0 Å². The molecule has 0 heterocycles. The summed E-state index contributed by atoms with van der Waals surface area (Å²) in [6.45, 7) is 6.56. The number of hydrogen-bond donors (Lipinski definition) is 0. The lowest BCUT2D eigenvalue weighted by atomic mass is 10.1. The van der Waals surface area contributed by atoms with Crippen LogP contribution in [0, 0.1) is 0 Å². The lowest BCUT2D eigenvalue weighted by molar-refractivity contribution is -0.167. The van der Waals surface area contributed by atoms with Gasteiger partial charge in [-0.1, -0.05) is 217 Å². The van der Waals surface area contributed by atoms with E-state index in [0.29, 0.717) is 19.3 Å². The zero-order chi connectivity index (χ0) is 46.5. The van der Waals surface area contributed by atoms with E-state index in [2.05, 4.69) is 69.4 Å². The fourth-order valence-corrected chi connectivity index (χ4v) is 7.82. The molecule has 0 fully saturated rings. The molecule has 0 aromatic heterocycles. The number of carbonyl (C=O) groups is 3. The molecule has 1 unspecified atom stereocenters. The van der Waals surface area contributed by atoms with Crippen molar-refractivity contribution in [2.24, 2.45) is 0 Å². The first kappa shape index (κ1) is 61.4. The summed E-state index contributed by atoms with van der Waals surface area (Å²) in [7, 11) is 0. The number of allylic oxidation sites excluding steroid dienone is 8. The molecule has 0 aliphatic rings. The van der Waals surface area contributed by atoms with Gasteiger partial charge in [0.25, 0.3) is 0 Å². The maximum atomic E-state index is 12.8. The van der Waals surface area contributed by atoms with Crippen LogP contribution in [0.3, 0.4) is 0 Å². The van der Waals surface area contributed by atoms with Gasteiger partial charge < -0.3 is 14.2 Å². The molecule has 0 aromatic rings. The molecule has 0 N–H and O–H groups in total. The zero-order valence-corrected chi connectivity index (χ0v) is 42.6. The van der Waals surface area contributed by atoms with Crippen molar-refractivity contribution >= 4 is 17.9 Å². The smallest absolute Gasteiger partial charge is 0.306 e. The summed E-state index contributed by atoms with van der Waals surface area (Å²) >= 11 is 0. The molecule has 1 atom stereocenters. The summed E-state index contributed by atoms with van der Waals surface area (Å²) < 4.78 is 16.8. The van der Waals surface area contributed by atoms with E-state index in [1.165, 1.54) is 154 Å².